The van der Waals surface area contributed by atoms with Gasteiger partial charge < -0.3 is 14.4 Å². The van der Waals surface area contributed by atoms with Gasteiger partial charge in [0.1, 0.15) is 0 Å². The molecule has 1 saturated heterocycles. The van der Waals surface area contributed by atoms with Crippen molar-refractivity contribution in [1.82, 2.24) is 4.90 Å². The molecular formula is C15H18FNO4. The first-order chi connectivity index (χ1) is 10.1. The molecular weight excluding hydrogens is 277 g/mol. The minimum absolute atomic E-state index is 0.0651. The molecule has 6 heteroatoms. The van der Waals surface area contributed by atoms with E-state index in [1.165, 1.54) is 19.2 Å². The van der Waals surface area contributed by atoms with Gasteiger partial charge in [0.2, 0.25) is 0 Å². The van der Waals surface area contributed by atoms with E-state index >= 15 is 0 Å². The zero-order chi connectivity index (χ0) is 15.2. The Morgan fingerprint density at radius 1 is 1.29 bits per heavy atom. The molecule has 21 heavy (non-hydrogen) atoms. The fourth-order valence-electron chi connectivity index (χ4n) is 2.32. The van der Waals surface area contributed by atoms with Gasteiger partial charge in [0.25, 0.3) is 5.91 Å². The second-order valence-electron chi connectivity index (χ2n) is 4.90. The number of rotatable bonds is 4. The normalized spacial score (nSPS) is 15.6. The molecule has 1 heterocycles. The minimum Gasteiger partial charge on any atom is -0.481 e. The third kappa shape index (κ3) is 3.93. The van der Waals surface area contributed by atoms with Gasteiger partial charge in [-0.25, -0.2) is 4.39 Å². The molecule has 0 radical (unpaired) electrons. The quantitative estimate of drug-likeness (QED) is 0.792. The minimum atomic E-state index is -0.491. The summed E-state index contributed by atoms with van der Waals surface area (Å²) < 4.78 is 23.2. The summed E-state index contributed by atoms with van der Waals surface area (Å²) in [5.74, 6) is -1.01. The molecule has 0 aliphatic carbocycles. The number of carbonyl (C=O) groups is 2. The lowest BCUT2D eigenvalue weighted by Gasteiger charge is -2.30. The van der Waals surface area contributed by atoms with E-state index in [2.05, 4.69) is 0 Å². The predicted octanol–water partition coefficient (Wildman–Crippen LogP) is 1.62. The largest absolute Gasteiger partial charge is 0.481 e. The number of likely N-dealkylation sites (tertiary alicyclic amines) is 1. The Hall–Kier alpha value is -2.11. The van der Waals surface area contributed by atoms with Crippen LogP contribution >= 0.6 is 0 Å². The number of hydrogen-bond donors (Lipinski definition) is 0. The van der Waals surface area contributed by atoms with E-state index in [1.807, 2.05) is 0 Å². The van der Waals surface area contributed by atoms with Gasteiger partial charge in [-0.1, -0.05) is 12.1 Å². The molecule has 0 saturated carbocycles. The number of amides is 1. The first kappa shape index (κ1) is 15.3. The number of esters is 1. The van der Waals surface area contributed by atoms with Crippen molar-refractivity contribution < 1.29 is 23.5 Å². The zero-order valence-corrected chi connectivity index (χ0v) is 11.9. The lowest BCUT2D eigenvalue weighted by atomic mass is 9.97. The van der Waals surface area contributed by atoms with E-state index in [1.54, 1.807) is 17.0 Å². The van der Waals surface area contributed by atoms with E-state index in [0.29, 0.717) is 25.9 Å². The van der Waals surface area contributed by atoms with Crippen molar-refractivity contribution in [2.45, 2.75) is 12.8 Å². The van der Waals surface area contributed by atoms with Crippen LogP contribution in [0.4, 0.5) is 4.39 Å². The summed E-state index contributed by atoms with van der Waals surface area (Å²) in [6.45, 7) is 0.766. The van der Waals surface area contributed by atoms with Crippen LogP contribution in [-0.4, -0.2) is 43.6 Å². The van der Waals surface area contributed by atoms with Crippen LogP contribution in [0.15, 0.2) is 24.3 Å². The number of benzene rings is 1. The number of para-hydroxylation sites is 1. The highest BCUT2D eigenvalue weighted by Crippen LogP contribution is 2.19. The third-order valence-electron chi connectivity index (χ3n) is 3.57. The Morgan fingerprint density at radius 3 is 2.57 bits per heavy atom. The van der Waals surface area contributed by atoms with E-state index in [4.69, 9.17) is 9.47 Å². The molecule has 2 rings (SSSR count). The SMILES string of the molecule is COC(=O)C1CCN(C(=O)COc2ccccc2F)CC1. The van der Waals surface area contributed by atoms with Gasteiger partial charge in [-0.05, 0) is 25.0 Å². The van der Waals surface area contributed by atoms with Crippen molar-refractivity contribution in [1.29, 1.82) is 0 Å². The van der Waals surface area contributed by atoms with Crippen LogP contribution in [0.3, 0.4) is 0 Å². The van der Waals surface area contributed by atoms with Gasteiger partial charge in [-0.2, -0.15) is 0 Å². The Labute approximate surface area is 122 Å². The smallest absolute Gasteiger partial charge is 0.308 e. The molecule has 1 aliphatic rings. The highest BCUT2D eigenvalue weighted by Gasteiger charge is 2.27. The summed E-state index contributed by atoms with van der Waals surface area (Å²) in [5, 5.41) is 0. The summed E-state index contributed by atoms with van der Waals surface area (Å²) in [6, 6.07) is 5.96. The van der Waals surface area contributed by atoms with Gasteiger partial charge in [-0.15, -0.1) is 0 Å². The number of hydrogen-bond acceptors (Lipinski definition) is 4. The fraction of sp³-hybridized carbons (Fsp3) is 0.467. The predicted molar refractivity (Wildman–Crippen MR) is 73.2 cm³/mol. The summed E-state index contributed by atoms with van der Waals surface area (Å²) in [4.78, 5) is 25.0. The van der Waals surface area contributed by atoms with Gasteiger partial charge in [-0.3, -0.25) is 9.59 Å². The molecule has 114 valence electrons. The summed E-state index contributed by atoms with van der Waals surface area (Å²) in [5.41, 5.74) is 0. The van der Waals surface area contributed by atoms with Crippen LogP contribution in [0.1, 0.15) is 12.8 Å². The Morgan fingerprint density at radius 2 is 1.95 bits per heavy atom. The van der Waals surface area contributed by atoms with Crippen LogP contribution in [0.5, 0.6) is 5.75 Å². The highest BCUT2D eigenvalue weighted by molar-refractivity contribution is 5.78. The Kier molecular flexibility index (Phi) is 5.14. The zero-order valence-electron chi connectivity index (χ0n) is 11.9. The Balaban J connectivity index is 1.80. The van der Waals surface area contributed by atoms with Crippen LogP contribution in [-0.2, 0) is 14.3 Å². The number of piperidine rings is 1. The van der Waals surface area contributed by atoms with Crippen molar-refractivity contribution in [3.8, 4) is 5.75 Å². The molecule has 0 bridgehead atoms. The van der Waals surface area contributed by atoms with E-state index in [9.17, 15) is 14.0 Å². The molecule has 1 aromatic rings. The molecule has 1 aromatic carbocycles. The van der Waals surface area contributed by atoms with Gasteiger partial charge in [0, 0.05) is 13.1 Å². The summed E-state index contributed by atoms with van der Waals surface area (Å²) in [7, 11) is 1.36. The average Bonchev–Trinajstić information content (AvgIpc) is 2.53. The first-order valence-electron chi connectivity index (χ1n) is 6.84. The maximum Gasteiger partial charge on any atom is 0.308 e. The van der Waals surface area contributed by atoms with Crippen molar-refractivity contribution in [3.05, 3.63) is 30.1 Å². The monoisotopic (exact) mass is 295 g/mol. The van der Waals surface area contributed by atoms with Crippen molar-refractivity contribution in [2.75, 3.05) is 26.8 Å². The summed E-state index contributed by atoms with van der Waals surface area (Å²) >= 11 is 0. The molecule has 0 spiro atoms. The number of halogens is 1. The standard InChI is InChI=1S/C15H18FNO4/c1-20-15(19)11-6-8-17(9-7-11)14(18)10-21-13-5-3-2-4-12(13)16/h2-5,11H,6-10H2,1H3. The molecule has 0 aromatic heterocycles. The number of nitrogens with zero attached hydrogens (tertiary/aromatic N) is 1. The second kappa shape index (κ2) is 7.06. The molecule has 1 amide bonds. The molecule has 1 aliphatic heterocycles. The topological polar surface area (TPSA) is 55.8 Å². The molecule has 0 N–H and O–H groups in total. The van der Waals surface area contributed by atoms with Crippen LogP contribution < -0.4 is 4.74 Å². The van der Waals surface area contributed by atoms with E-state index in [0.717, 1.165) is 0 Å². The fourth-order valence-corrected chi connectivity index (χ4v) is 2.32. The van der Waals surface area contributed by atoms with E-state index in [-0.39, 0.29) is 30.2 Å². The van der Waals surface area contributed by atoms with Crippen LogP contribution in [0.25, 0.3) is 0 Å². The lowest BCUT2D eigenvalue weighted by Crippen LogP contribution is -2.42. The van der Waals surface area contributed by atoms with E-state index < -0.39 is 5.82 Å². The lowest BCUT2D eigenvalue weighted by molar-refractivity contribution is -0.149. The first-order valence-corrected chi connectivity index (χ1v) is 6.84. The molecule has 1 fully saturated rings. The maximum absolute atomic E-state index is 13.4. The second-order valence-corrected chi connectivity index (χ2v) is 4.90. The van der Waals surface area contributed by atoms with Crippen molar-refractivity contribution >= 4 is 11.9 Å². The third-order valence-corrected chi connectivity index (χ3v) is 3.57. The van der Waals surface area contributed by atoms with Gasteiger partial charge in [0.15, 0.2) is 18.2 Å². The summed E-state index contributed by atoms with van der Waals surface area (Å²) in [6.07, 6.45) is 1.16. The van der Waals surface area contributed by atoms with Crippen LogP contribution in [0.2, 0.25) is 0 Å². The maximum atomic E-state index is 13.4. The number of ether oxygens (including phenoxy) is 2. The average molecular weight is 295 g/mol. The van der Waals surface area contributed by atoms with Crippen molar-refractivity contribution in [3.63, 3.8) is 0 Å². The van der Waals surface area contributed by atoms with Gasteiger partial charge >= 0.3 is 5.97 Å². The Bertz CT molecular complexity index is 512. The number of methoxy groups -OCH3 is 1. The van der Waals surface area contributed by atoms with Crippen LogP contribution in [0, 0.1) is 11.7 Å². The molecule has 5 nitrogen and oxygen atoms in total. The number of carbonyl (C=O) groups excluding carboxylic acids is 2. The van der Waals surface area contributed by atoms with Crippen molar-refractivity contribution in [2.24, 2.45) is 5.92 Å². The molecule has 0 atom stereocenters. The molecule has 0 unspecified atom stereocenters. The van der Waals surface area contributed by atoms with Gasteiger partial charge in [0.05, 0.1) is 13.0 Å². The highest BCUT2D eigenvalue weighted by atomic mass is 19.1.